The predicted octanol–water partition coefficient (Wildman–Crippen LogP) is 9.29. The summed E-state index contributed by atoms with van der Waals surface area (Å²) in [5.41, 5.74) is 3.83. The monoisotopic (exact) mass is 432 g/mol. The topological polar surface area (TPSA) is 0 Å². The molecule has 0 saturated heterocycles. The third kappa shape index (κ3) is 3.00. The van der Waals surface area contributed by atoms with Gasteiger partial charge in [-0.05, 0) is 45.3 Å². The number of hydrogen-bond acceptors (Lipinski definition) is 0. The van der Waals surface area contributed by atoms with Crippen LogP contribution in [0.3, 0.4) is 0 Å². The summed E-state index contributed by atoms with van der Waals surface area (Å²) in [6, 6.07) is 30.3. The van der Waals surface area contributed by atoms with Crippen LogP contribution in [0.1, 0.15) is 0 Å². The molecule has 3 heteroatoms. The molecule has 0 radical (unpaired) electrons. The molecular weight excluding hydrogens is 419 g/mol. The molecule has 140 valence electrons. The Hall–Kier alpha value is -2.51. The summed E-state index contributed by atoms with van der Waals surface area (Å²) in [5, 5.41) is 6.46. The second-order valence-electron chi connectivity index (χ2n) is 6.92. The van der Waals surface area contributed by atoms with Gasteiger partial charge in [-0.2, -0.15) is 0 Å². The van der Waals surface area contributed by atoms with Crippen LogP contribution < -0.4 is 0 Å². The van der Waals surface area contributed by atoms with E-state index in [1.165, 1.54) is 5.39 Å². The lowest BCUT2D eigenvalue weighted by molar-refractivity contribution is 1.62. The highest BCUT2D eigenvalue weighted by atomic mass is 35.5. The molecule has 0 heterocycles. The Bertz CT molecular complexity index is 1370. The number of benzene rings is 5. The molecule has 0 atom stereocenters. The number of fused-ring (bicyclic) bond motifs is 3. The maximum Gasteiger partial charge on any atom is 0.0499 e. The first-order valence-electron chi connectivity index (χ1n) is 9.29. The molecule has 0 aliphatic rings. The summed E-state index contributed by atoms with van der Waals surface area (Å²) in [4.78, 5) is 0. The maximum absolute atomic E-state index is 6.70. The summed E-state index contributed by atoms with van der Waals surface area (Å²) in [5.74, 6) is 0. The molecule has 5 aromatic carbocycles. The van der Waals surface area contributed by atoms with Gasteiger partial charge in [0.2, 0.25) is 0 Å². The van der Waals surface area contributed by atoms with Crippen LogP contribution in [0.2, 0.25) is 15.1 Å². The van der Waals surface area contributed by atoms with Gasteiger partial charge in [0.05, 0.1) is 0 Å². The largest absolute Gasteiger partial charge is 0.0837 e. The Morgan fingerprint density at radius 2 is 0.793 bits per heavy atom. The van der Waals surface area contributed by atoms with Crippen molar-refractivity contribution in [3.8, 4) is 22.3 Å². The normalized spacial score (nSPS) is 11.3. The molecule has 29 heavy (non-hydrogen) atoms. The standard InChI is InChI=1S/C26H15Cl3/c27-21-13-6-5-12-20(21)24-18-10-3-1-8-16(18)17-9-2-4-11-19(17)25(24)26-22(28)14-7-15-23(26)29/h1-15H. The van der Waals surface area contributed by atoms with Crippen LogP contribution in [0.25, 0.3) is 43.8 Å². The first-order valence-corrected chi connectivity index (χ1v) is 10.4. The number of halogens is 3. The van der Waals surface area contributed by atoms with E-state index < -0.39 is 0 Å². The van der Waals surface area contributed by atoms with Crippen molar-refractivity contribution < 1.29 is 0 Å². The predicted molar refractivity (Wildman–Crippen MR) is 127 cm³/mol. The van der Waals surface area contributed by atoms with E-state index in [1.54, 1.807) is 0 Å². The Morgan fingerprint density at radius 1 is 0.345 bits per heavy atom. The van der Waals surface area contributed by atoms with E-state index in [-0.39, 0.29) is 0 Å². The van der Waals surface area contributed by atoms with E-state index in [0.717, 1.165) is 38.4 Å². The molecule has 0 N–H and O–H groups in total. The zero-order chi connectivity index (χ0) is 20.0. The van der Waals surface area contributed by atoms with Crippen LogP contribution in [0.15, 0.2) is 91.0 Å². The van der Waals surface area contributed by atoms with Crippen molar-refractivity contribution in [2.45, 2.75) is 0 Å². The smallest absolute Gasteiger partial charge is 0.0499 e. The molecule has 0 saturated carbocycles. The fourth-order valence-electron chi connectivity index (χ4n) is 4.08. The van der Waals surface area contributed by atoms with Crippen molar-refractivity contribution in [3.63, 3.8) is 0 Å². The summed E-state index contributed by atoms with van der Waals surface area (Å²) in [6.45, 7) is 0. The van der Waals surface area contributed by atoms with Gasteiger partial charge < -0.3 is 0 Å². The van der Waals surface area contributed by atoms with Crippen molar-refractivity contribution in [1.82, 2.24) is 0 Å². The molecule has 0 unspecified atom stereocenters. The summed E-state index contributed by atoms with van der Waals surface area (Å²) < 4.78 is 0. The average molecular weight is 434 g/mol. The van der Waals surface area contributed by atoms with Crippen molar-refractivity contribution in [3.05, 3.63) is 106 Å². The van der Waals surface area contributed by atoms with Crippen LogP contribution in [-0.4, -0.2) is 0 Å². The van der Waals surface area contributed by atoms with Gasteiger partial charge in [-0.1, -0.05) is 108 Å². The molecule has 5 rings (SSSR count). The average Bonchev–Trinajstić information content (AvgIpc) is 2.74. The molecule has 0 amide bonds. The van der Waals surface area contributed by atoms with Gasteiger partial charge in [-0.25, -0.2) is 0 Å². The first kappa shape index (κ1) is 18.5. The minimum Gasteiger partial charge on any atom is -0.0837 e. The molecule has 0 aliphatic heterocycles. The second-order valence-corrected chi connectivity index (χ2v) is 8.14. The summed E-state index contributed by atoms with van der Waals surface area (Å²) in [7, 11) is 0. The van der Waals surface area contributed by atoms with E-state index >= 15 is 0 Å². The molecule has 5 aromatic rings. The summed E-state index contributed by atoms with van der Waals surface area (Å²) in [6.07, 6.45) is 0. The summed E-state index contributed by atoms with van der Waals surface area (Å²) >= 11 is 20.1. The van der Waals surface area contributed by atoms with Gasteiger partial charge >= 0.3 is 0 Å². The van der Waals surface area contributed by atoms with Gasteiger partial charge in [0, 0.05) is 31.8 Å². The Labute approximate surface area is 184 Å². The van der Waals surface area contributed by atoms with Crippen molar-refractivity contribution in [2.24, 2.45) is 0 Å². The van der Waals surface area contributed by atoms with Gasteiger partial charge in [-0.15, -0.1) is 0 Å². The molecule has 0 aliphatic carbocycles. The molecule has 0 nitrogen and oxygen atoms in total. The van der Waals surface area contributed by atoms with Crippen LogP contribution in [0.4, 0.5) is 0 Å². The van der Waals surface area contributed by atoms with E-state index in [1.807, 2.05) is 48.5 Å². The van der Waals surface area contributed by atoms with Crippen molar-refractivity contribution in [2.75, 3.05) is 0 Å². The quantitative estimate of drug-likeness (QED) is 0.243. The second kappa shape index (κ2) is 7.39. The highest BCUT2D eigenvalue weighted by Gasteiger charge is 2.21. The lowest BCUT2D eigenvalue weighted by atomic mass is 9.85. The highest BCUT2D eigenvalue weighted by molar-refractivity contribution is 6.41. The third-order valence-electron chi connectivity index (χ3n) is 5.29. The van der Waals surface area contributed by atoms with Gasteiger partial charge in [-0.3, -0.25) is 0 Å². The highest BCUT2D eigenvalue weighted by Crippen LogP contribution is 2.49. The molecule has 0 aromatic heterocycles. The van der Waals surface area contributed by atoms with Crippen LogP contribution >= 0.6 is 34.8 Å². The van der Waals surface area contributed by atoms with Crippen LogP contribution in [-0.2, 0) is 0 Å². The molecule has 0 spiro atoms. The Kier molecular flexibility index (Phi) is 4.72. The fourth-order valence-corrected chi connectivity index (χ4v) is 4.90. The van der Waals surface area contributed by atoms with E-state index in [4.69, 9.17) is 34.8 Å². The van der Waals surface area contributed by atoms with E-state index in [9.17, 15) is 0 Å². The molecule has 0 bridgehead atoms. The Morgan fingerprint density at radius 3 is 1.38 bits per heavy atom. The zero-order valence-corrected chi connectivity index (χ0v) is 17.6. The fraction of sp³-hybridized carbons (Fsp3) is 0. The minimum atomic E-state index is 0.617. The minimum absolute atomic E-state index is 0.617. The third-order valence-corrected chi connectivity index (χ3v) is 6.25. The Balaban J connectivity index is 2.11. The van der Waals surface area contributed by atoms with Crippen molar-refractivity contribution in [1.29, 1.82) is 0 Å². The van der Waals surface area contributed by atoms with E-state index in [2.05, 4.69) is 42.5 Å². The van der Waals surface area contributed by atoms with Gasteiger partial charge in [0.1, 0.15) is 0 Å². The first-order chi connectivity index (χ1) is 14.2. The SMILES string of the molecule is Clc1ccccc1-c1c(-c2c(Cl)cccc2Cl)c2ccccc2c2ccccc12. The zero-order valence-electron chi connectivity index (χ0n) is 15.3. The molecule has 0 fully saturated rings. The van der Waals surface area contributed by atoms with Crippen LogP contribution in [0, 0.1) is 0 Å². The van der Waals surface area contributed by atoms with E-state index in [0.29, 0.717) is 15.1 Å². The lowest BCUT2D eigenvalue weighted by Gasteiger charge is -2.20. The van der Waals surface area contributed by atoms with Gasteiger partial charge in [0.15, 0.2) is 0 Å². The van der Waals surface area contributed by atoms with Crippen molar-refractivity contribution >= 4 is 56.3 Å². The van der Waals surface area contributed by atoms with Gasteiger partial charge in [0.25, 0.3) is 0 Å². The molecular formula is C26H15Cl3. The number of rotatable bonds is 2. The number of hydrogen-bond donors (Lipinski definition) is 0. The maximum atomic E-state index is 6.70. The lowest BCUT2D eigenvalue weighted by Crippen LogP contribution is -1.93. The van der Waals surface area contributed by atoms with Crippen LogP contribution in [0.5, 0.6) is 0 Å².